The Morgan fingerprint density at radius 2 is 1.67 bits per heavy atom. The predicted molar refractivity (Wildman–Crippen MR) is 86.9 cm³/mol. The molecule has 4 nitrogen and oxygen atoms in total. The van der Waals surface area contributed by atoms with Crippen LogP contribution in [-0.4, -0.2) is 38.7 Å². The first kappa shape index (κ1) is 18.7. The van der Waals surface area contributed by atoms with Gasteiger partial charge in [0.2, 0.25) is 0 Å². The lowest BCUT2D eigenvalue weighted by Gasteiger charge is -2.41. The standard InChI is InChI=1S/C16H32O4Si/c1-15(2,3)19-14(17)13-10-9-12(11-18-13)20-21(7,8)16(4,5)6/h12-13H,9-11H2,1-8H3/t12-,13-/m1/s1. The highest BCUT2D eigenvalue weighted by Gasteiger charge is 2.40. The van der Waals surface area contributed by atoms with Crippen molar-refractivity contribution in [3.05, 3.63) is 0 Å². The molecule has 2 atom stereocenters. The highest BCUT2D eigenvalue weighted by molar-refractivity contribution is 6.74. The molecule has 0 aromatic heterocycles. The van der Waals surface area contributed by atoms with Gasteiger partial charge in [0.05, 0.1) is 12.7 Å². The maximum atomic E-state index is 12.0. The lowest BCUT2D eigenvalue weighted by Crippen LogP contribution is -2.47. The molecule has 5 heteroatoms. The molecule has 1 saturated heterocycles. The zero-order chi connectivity index (χ0) is 16.5. The van der Waals surface area contributed by atoms with Gasteiger partial charge in [-0.3, -0.25) is 0 Å². The number of carbonyl (C=O) groups excluding carboxylic acids is 1. The summed E-state index contributed by atoms with van der Waals surface area (Å²) in [6, 6.07) is 0. The van der Waals surface area contributed by atoms with E-state index in [1.807, 2.05) is 20.8 Å². The van der Waals surface area contributed by atoms with Crippen LogP contribution in [-0.2, 0) is 18.7 Å². The fourth-order valence-electron chi connectivity index (χ4n) is 1.97. The van der Waals surface area contributed by atoms with Gasteiger partial charge in [0, 0.05) is 0 Å². The molecule has 0 radical (unpaired) electrons. The Bertz CT molecular complexity index is 357. The zero-order valence-electron chi connectivity index (χ0n) is 14.9. The first-order chi connectivity index (χ1) is 9.32. The van der Waals surface area contributed by atoms with Gasteiger partial charge in [0.15, 0.2) is 14.4 Å². The molecule has 1 rings (SSSR count). The molecule has 0 aliphatic carbocycles. The third-order valence-corrected chi connectivity index (χ3v) is 8.71. The van der Waals surface area contributed by atoms with Crippen molar-refractivity contribution < 1.29 is 18.7 Å². The van der Waals surface area contributed by atoms with Crippen LogP contribution in [0, 0.1) is 0 Å². The minimum atomic E-state index is -1.78. The predicted octanol–water partition coefficient (Wildman–Crippen LogP) is 3.90. The topological polar surface area (TPSA) is 44.8 Å². The van der Waals surface area contributed by atoms with E-state index in [9.17, 15) is 4.79 Å². The van der Waals surface area contributed by atoms with Crippen LogP contribution >= 0.6 is 0 Å². The van der Waals surface area contributed by atoms with Crippen LogP contribution in [0.5, 0.6) is 0 Å². The van der Waals surface area contributed by atoms with Gasteiger partial charge in [-0.2, -0.15) is 0 Å². The van der Waals surface area contributed by atoms with Crippen LogP contribution in [0.25, 0.3) is 0 Å². The van der Waals surface area contributed by atoms with Crippen molar-refractivity contribution in [2.75, 3.05) is 6.61 Å². The lowest BCUT2D eigenvalue weighted by atomic mass is 10.1. The SMILES string of the molecule is CC(C)(C)OC(=O)[C@H]1CC[C@@H](O[Si](C)(C)C(C)(C)C)CO1. The molecular weight excluding hydrogens is 284 g/mol. The van der Waals surface area contributed by atoms with Crippen molar-refractivity contribution in [1.29, 1.82) is 0 Å². The number of rotatable bonds is 3. The quantitative estimate of drug-likeness (QED) is 0.585. The molecule has 0 aromatic carbocycles. The van der Waals surface area contributed by atoms with Crippen molar-refractivity contribution in [3.63, 3.8) is 0 Å². The number of ether oxygens (including phenoxy) is 2. The van der Waals surface area contributed by atoms with Crippen molar-refractivity contribution in [3.8, 4) is 0 Å². The summed E-state index contributed by atoms with van der Waals surface area (Å²) in [4.78, 5) is 12.0. The van der Waals surface area contributed by atoms with Crippen molar-refractivity contribution in [2.24, 2.45) is 0 Å². The summed E-state index contributed by atoms with van der Waals surface area (Å²) in [6.45, 7) is 17.3. The fourth-order valence-corrected chi connectivity index (χ4v) is 3.34. The fraction of sp³-hybridized carbons (Fsp3) is 0.938. The first-order valence-corrected chi connectivity index (χ1v) is 10.7. The van der Waals surface area contributed by atoms with Crippen molar-refractivity contribution >= 4 is 14.3 Å². The van der Waals surface area contributed by atoms with Crippen LogP contribution < -0.4 is 0 Å². The Labute approximate surface area is 130 Å². The number of carbonyl (C=O) groups is 1. The van der Waals surface area contributed by atoms with E-state index in [0.717, 1.165) is 6.42 Å². The molecule has 1 fully saturated rings. The highest BCUT2D eigenvalue weighted by atomic mass is 28.4. The number of hydrogen-bond donors (Lipinski definition) is 0. The maximum absolute atomic E-state index is 12.0. The molecule has 0 N–H and O–H groups in total. The average molecular weight is 317 g/mol. The van der Waals surface area contributed by atoms with Gasteiger partial charge in [-0.25, -0.2) is 4.79 Å². The summed E-state index contributed by atoms with van der Waals surface area (Å²) >= 11 is 0. The number of esters is 1. The maximum Gasteiger partial charge on any atom is 0.335 e. The van der Waals surface area contributed by atoms with E-state index in [4.69, 9.17) is 13.9 Å². The van der Waals surface area contributed by atoms with Gasteiger partial charge >= 0.3 is 5.97 Å². The van der Waals surface area contributed by atoms with E-state index in [1.54, 1.807) is 0 Å². The summed E-state index contributed by atoms with van der Waals surface area (Å²) < 4.78 is 17.4. The summed E-state index contributed by atoms with van der Waals surface area (Å²) in [7, 11) is -1.78. The molecule has 21 heavy (non-hydrogen) atoms. The molecule has 0 saturated carbocycles. The van der Waals surface area contributed by atoms with E-state index < -0.39 is 20.0 Å². The van der Waals surface area contributed by atoms with Gasteiger partial charge < -0.3 is 13.9 Å². The van der Waals surface area contributed by atoms with Crippen molar-refractivity contribution in [1.82, 2.24) is 0 Å². The van der Waals surface area contributed by atoms with Crippen LogP contribution in [0.1, 0.15) is 54.4 Å². The van der Waals surface area contributed by atoms with E-state index in [1.165, 1.54) is 0 Å². The van der Waals surface area contributed by atoms with E-state index >= 15 is 0 Å². The third kappa shape index (κ3) is 5.72. The summed E-state index contributed by atoms with van der Waals surface area (Å²) in [6.07, 6.45) is 1.19. The summed E-state index contributed by atoms with van der Waals surface area (Å²) in [5.41, 5.74) is -0.463. The zero-order valence-corrected chi connectivity index (χ0v) is 15.9. The minimum absolute atomic E-state index is 0.101. The van der Waals surface area contributed by atoms with Gasteiger partial charge in [-0.05, 0) is 51.7 Å². The van der Waals surface area contributed by atoms with Crippen molar-refractivity contribution in [2.45, 2.75) is 90.3 Å². The van der Waals surface area contributed by atoms with Gasteiger partial charge in [-0.1, -0.05) is 20.8 Å². The monoisotopic (exact) mass is 316 g/mol. The van der Waals surface area contributed by atoms with Crippen LogP contribution in [0.4, 0.5) is 0 Å². The largest absolute Gasteiger partial charge is 0.458 e. The second kappa shape index (κ2) is 6.38. The van der Waals surface area contributed by atoms with Gasteiger partial charge in [0.25, 0.3) is 0 Å². The minimum Gasteiger partial charge on any atom is -0.458 e. The van der Waals surface area contributed by atoms with Crippen LogP contribution in [0.2, 0.25) is 18.1 Å². The summed E-state index contributed by atoms with van der Waals surface area (Å²) in [5, 5.41) is 0.189. The smallest absolute Gasteiger partial charge is 0.335 e. The van der Waals surface area contributed by atoms with Gasteiger partial charge in [-0.15, -0.1) is 0 Å². The Morgan fingerprint density at radius 1 is 1.10 bits per heavy atom. The summed E-state index contributed by atoms with van der Waals surface area (Å²) in [5.74, 6) is -0.256. The molecule has 0 amide bonds. The second-order valence-corrected chi connectivity index (χ2v) is 13.2. The number of hydrogen-bond acceptors (Lipinski definition) is 4. The van der Waals surface area contributed by atoms with E-state index in [-0.39, 0.29) is 17.1 Å². The lowest BCUT2D eigenvalue weighted by molar-refractivity contribution is -0.174. The van der Waals surface area contributed by atoms with Crippen LogP contribution in [0.3, 0.4) is 0 Å². The van der Waals surface area contributed by atoms with Gasteiger partial charge in [0.1, 0.15) is 5.60 Å². The molecule has 1 aliphatic rings. The molecule has 0 spiro atoms. The molecule has 124 valence electrons. The first-order valence-electron chi connectivity index (χ1n) is 7.84. The molecule has 0 bridgehead atoms. The molecule has 1 aliphatic heterocycles. The highest BCUT2D eigenvalue weighted by Crippen LogP contribution is 2.38. The van der Waals surface area contributed by atoms with E-state index in [0.29, 0.717) is 13.0 Å². The molecular formula is C16H32O4Si. The Kier molecular flexibility index (Phi) is 5.67. The molecule has 0 aromatic rings. The average Bonchev–Trinajstić information content (AvgIpc) is 2.25. The van der Waals surface area contributed by atoms with E-state index in [2.05, 4.69) is 33.9 Å². The molecule has 1 heterocycles. The normalized spacial score (nSPS) is 24.8. The Balaban J connectivity index is 2.48. The Morgan fingerprint density at radius 3 is 2.05 bits per heavy atom. The van der Waals surface area contributed by atoms with Crippen LogP contribution in [0.15, 0.2) is 0 Å². The third-order valence-electron chi connectivity index (χ3n) is 4.17. The second-order valence-electron chi connectivity index (χ2n) is 8.43. The Hall–Kier alpha value is -0.393. The molecule has 0 unspecified atom stereocenters.